The maximum Gasteiger partial charge on any atom is 0.261 e. The number of carbonyl (C=O) groups is 1. The number of carbonyl (C=O) groups excluding carboxylic acids is 1. The SMILES string of the molecule is CC[C@H](NC(=O)[C@@H](CC)Oc1ccccc1F)c1ccc(C)c(C)c1. The van der Waals surface area contributed by atoms with E-state index in [0.717, 1.165) is 12.0 Å². The highest BCUT2D eigenvalue weighted by atomic mass is 19.1. The van der Waals surface area contributed by atoms with Crippen LogP contribution in [0.4, 0.5) is 4.39 Å². The second-order valence-electron chi connectivity index (χ2n) is 6.26. The maximum atomic E-state index is 13.8. The number of hydrogen-bond donors (Lipinski definition) is 1. The van der Waals surface area contributed by atoms with Gasteiger partial charge in [0.2, 0.25) is 0 Å². The summed E-state index contributed by atoms with van der Waals surface area (Å²) in [6, 6.07) is 12.2. The van der Waals surface area contributed by atoms with Crippen molar-refractivity contribution in [3.63, 3.8) is 0 Å². The van der Waals surface area contributed by atoms with E-state index in [-0.39, 0.29) is 17.7 Å². The van der Waals surface area contributed by atoms with Gasteiger partial charge in [-0.05, 0) is 55.5 Å². The van der Waals surface area contributed by atoms with Gasteiger partial charge in [-0.1, -0.05) is 44.2 Å². The molecule has 2 rings (SSSR count). The second-order valence-corrected chi connectivity index (χ2v) is 6.26. The highest BCUT2D eigenvalue weighted by molar-refractivity contribution is 5.81. The van der Waals surface area contributed by atoms with Gasteiger partial charge in [0, 0.05) is 0 Å². The van der Waals surface area contributed by atoms with Gasteiger partial charge in [0.1, 0.15) is 0 Å². The molecule has 0 saturated carbocycles. The fraction of sp³-hybridized carbons (Fsp3) is 0.381. The molecule has 1 amide bonds. The molecule has 134 valence electrons. The number of benzene rings is 2. The average molecular weight is 343 g/mol. The van der Waals surface area contributed by atoms with Crippen LogP contribution < -0.4 is 10.1 Å². The van der Waals surface area contributed by atoms with Crippen LogP contribution in [0.5, 0.6) is 5.75 Å². The fourth-order valence-electron chi connectivity index (χ4n) is 2.68. The number of rotatable bonds is 7. The highest BCUT2D eigenvalue weighted by Crippen LogP contribution is 2.22. The van der Waals surface area contributed by atoms with Gasteiger partial charge in [-0.25, -0.2) is 4.39 Å². The van der Waals surface area contributed by atoms with Crippen molar-refractivity contribution in [2.75, 3.05) is 0 Å². The summed E-state index contributed by atoms with van der Waals surface area (Å²) < 4.78 is 19.4. The van der Waals surface area contributed by atoms with Crippen molar-refractivity contribution < 1.29 is 13.9 Å². The molecule has 0 unspecified atom stereocenters. The number of nitrogens with one attached hydrogen (secondary N) is 1. The molecule has 4 heteroatoms. The molecule has 0 bridgehead atoms. The van der Waals surface area contributed by atoms with Crippen LogP contribution in [0.2, 0.25) is 0 Å². The van der Waals surface area contributed by atoms with Crippen molar-refractivity contribution in [3.05, 3.63) is 65.0 Å². The quantitative estimate of drug-likeness (QED) is 0.779. The first-order valence-corrected chi connectivity index (χ1v) is 8.75. The molecule has 0 aliphatic rings. The largest absolute Gasteiger partial charge is 0.478 e. The van der Waals surface area contributed by atoms with Gasteiger partial charge in [-0.3, -0.25) is 4.79 Å². The zero-order valence-corrected chi connectivity index (χ0v) is 15.3. The van der Waals surface area contributed by atoms with E-state index in [9.17, 15) is 9.18 Å². The zero-order chi connectivity index (χ0) is 18.4. The topological polar surface area (TPSA) is 38.3 Å². The molecule has 3 nitrogen and oxygen atoms in total. The minimum atomic E-state index is -0.725. The monoisotopic (exact) mass is 343 g/mol. The van der Waals surface area contributed by atoms with Gasteiger partial charge in [0.15, 0.2) is 17.7 Å². The van der Waals surface area contributed by atoms with Crippen LogP contribution >= 0.6 is 0 Å². The summed E-state index contributed by atoms with van der Waals surface area (Å²) in [5.74, 6) is -0.588. The van der Waals surface area contributed by atoms with E-state index in [1.54, 1.807) is 12.1 Å². The molecular formula is C21H26FNO2. The van der Waals surface area contributed by atoms with Crippen LogP contribution in [0.3, 0.4) is 0 Å². The van der Waals surface area contributed by atoms with E-state index in [4.69, 9.17) is 4.74 Å². The molecule has 0 fully saturated rings. The lowest BCUT2D eigenvalue weighted by Gasteiger charge is -2.23. The Bertz CT molecular complexity index is 730. The van der Waals surface area contributed by atoms with Gasteiger partial charge in [0.25, 0.3) is 5.91 Å². The van der Waals surface area contributed by atoms with Crippen LogP contribution in [-0.2, 0) is 4.79 Å². The van der Waals surface area contributed by atoms with Crippen molar-refractivity contribution in [3.8, 4) is 5.75 Å². The van der Waals surface area contributed by atoms with Crippen molar-refractivity contribution in [2.45, 2.75) is 52.7 Å². The first-order chi connectivity index (χ1) is 12.0. The predicted molar refractivity (Wildman–Crippen MR) is 98.2 cm³/mol. The average Bonchev–Trinajstić information content (AvgIpc) is 2.61. The van der Waals surface area contributed by atoms with E-state index in [0.29, 0.717) is 6.42 Å². The highest BCUT2D eigenvalue weighted by Gasteiger charge is 2.23. The Morgan fingerprint density at radius 1 is 1.08 bits per heavy atom. The summed E-state index contributed by atoms with van der Waals surface area (Å²) in [5, 5.41) is 3.03. The summed E-state index contributed by atoms with van der Waals surface area (Å²) in [5.41, 5.74) is 3.48. The Morgan fingerprint density at radius 2 is 1.80 bits per heavy atom. The lowest BCUT2D eigenvalue weighted by atomic mass is 9.99. The molecule has 2 atom stereocenters. The molecule has 0 spiro atoms. The minimum absolute atomic E-state index is 0.0925. The van der Waals surface area contributed by atoms with E-state index < -0.39 is 11.9 Å². The molecule has 0 saturated heterocycles. The van der Waals surface area contributed by atoms with Gasteiger partial charge < -0.3 is 10.1 Å². The Balaban J connectivity index is 2.11. The normalized spacial score (nSPS) is 13.2. The number of halogens is 1. The lowest BCUT2D eigenvalue weighted by Crippen LogP contribution is -2.40. The molecule has 0 aliphatic heterocycles. The summed E-state index contributed by atoms with van der Waals surface area (Å²) >= 11 is 0. The molecule has 0 heterocycles. The van der Waals surface area contributed by atoms with E-state index in [1.165, 1.54) is 23.3 Å². The smallest absolute Gasteiger partial charge is 0.261 e. The molecule has 2 aromatic carbocycles. The minimum Gasteiger partial charge on any atom is -0.478 e. The number of para-hydroxylation sites is 1. The van der Waals surface area contributed by atoms with Crippen LogP contribution in [0.15, 0.2) is 42.5 Å². The van der Waals surface area contributed by atoms with Gasteiger partial charge >= 0.3 is 0 Å². The van der Waals surface area contributed by atoms with Gasteiger partial charge in [0.05, 0.1) is 6.04 Å². The number of amides is 1. The second kappa shape index (κ2) is 8.65. The Hall–Kier alpha value is -2.36. The van der Waals surface area contributed by atoms with Crippen molar-refractivity contribution in [1.82, 2.24) is 5.32 Å². The molecule has 0 radical (unpaired) electrons. The first-order valence-electron chi connectivity index (χ1n) is 8.75. The third kappa shape index (κ3) is 4.81. The number of ether oxygens (including phenoxy) is 1. The number of hydrogen-bond acceptors (Lipinski definition) is 2. The van der Waals surface area contributed by atoms with Crippen LogP contribution in [-0.4, -0.2) is 12.0 Å². The predicted octanol–water partition coefficient (Wildman–Crippen LogP) is 4.87. The van der Waals surface area contributed by atoms with E-state index in [1.807, 2.05) is 19.9 Å². The van der Waals surface area contributed by atoms with Gasteiger partial charge in [-0.2, -0.15) is 0 Å². The summed E-state index contributed by atoms with van der Waals surface area (Å²) in [7, 11) is 0. The van der Waals surface area contributed by atoms with Crippen LogP contribution in [0.25, 0.3) is 0 Å². The van der Waals surface area contributed by atoms with Crippen molar-refractivity contribution in [1.29, 1.82) is 0 Å². The first kappa shape index (κ1) is 19.0. The Morgan fingerprint density at radius 3 is 2.40 bits per heavy atom. The molecule has 25 heavy (non-hydrogen) atoms. The third-order valence-electron chi connectivity index (χ3n) is 4.43. The summed E-state index contributed by atoms with van der Waals surface area (Å²) in [4.78, 5) is 12.6. The van der Waals surface area contributed by atoms with Crippen molar-refractivity contribution in [2.24, 2.45) is 0 Å². The number of aryl methyl sites for hydroxylation is 2. The van der Waals surface area contributed by atoms with Crippen LogP contribution in [0.1, 0.15) is 49.4 Å². The molecule has 0 aromatic heterocycles. The molecule has 1 N–H and O–H groups in total. The Kier molecular flexibility index (Phi) is 6.57. The molecular weight excluding hydrogens is 317 g/mol. The van der Waals surface area contributed by atoms with Crippen LogP contribution in [0, 0.1) is 19.7 Å². The van der Waals surface area contributed by atoms with Gasteiger partial charge in [-0.15, -0.1) is 0 Å². The Labute approximate surface area is 149 Å². The fourth-order valence-corrected chi connectivity index (χ4v) is 2.68. The third-order valence-corrected chi connectivity index (χ3v) is 4.43. The summed E-state index contributed by atoms with van der Waals surface area (Å²) in [6.45, 7) is 8.00. The maximum absolute atomic E-state index is 13.8. The molecule has 2 aromatic rings. The molecule has 0 aliphatic carbocycles. The van der Waals surface area contributed by atoms with E-state index >= 15 is 0 Å². The van der Waals surface area contributed by atoms with Crippen molar-refractivity contribution >= 4 is 5.91 Å². The zero-order valence-electron chi connectivity index (χ0n) is 15.3. The lowest BCUT2D eigenvalue weighted by molar-refractivity contribution is -0.129. The van der Waals surface area contributed by atoms with E-state index in [2.05, 4.69) is 31.3 Å². The standard InChI is InChI=1S/C21H26FNO2/c1-5-18(16-12-11-14(3)15(4)13-16)23-21(24)19(6-2)25-20-10-8-7-9-17(20)22/h7-13,18-19H,5-6H2,1-4H3,(H,23,24)/t18-,19+/m0/s1. The summed E-state index contributed by atoms with van der Waals surface area (Å²) in [6.07, 6.45) is 0.506.